The number of carbonyl (C=O) groups is 1. The maximum absolute atomic E-state index is 11.4. The van der Waals surface area contributed by atoms with Crippen molar-refractivity contribution in [2.45, 2.75) is 32.7 Å². The third-order valence-electron chi connectivity index (χ3n) is 2.57. The predicted octanol–water partition coefficient (Wildman–Crippen LogP) is 3.08. The fourth-order valence-corrected chi connectivity index (χ4v) is 1.70. The number of hydrogen-bond acceptors (Lipinski definition) is 4. The van der Waals surface area contributed by atoms with E-state index in [0.717, 1.165) is 18.4 Å². The highest BCUT2D eigenvalue weighted by Gasteiger charge is 2.11. The lowest BCUT2D eigenvalue weighted by Gasteiger charge is -2.14. The molecule has 0 unspecified atom stereocenters. The second-order valence-electron chi connectivity index (χ2n) is 4.33. The number of halogens is 1. The Balaban J connectivity index is 2.55. The minimum absolute atomic E-state index is 0.120. The third-order valence-corrected chi connectivity index (χ3v) is 2.80. The second-order valence-corrected chi connectivity index (χ2v) is 4.77. The van der Waals surface area contributed by atoms with Crippen LogP contribution in [0.3, 0.4) is 0 Å². The topological polar surface area (TPSA) is 61.5 Å². The van der Waals surface area contributed by atoms with Crippen LogP contribution >= 0.6 is 11.6 Å². The van der Waals surface area contributed by atoms with E-state index in [1.165, 1.54) is 0 Å². The molecular weight excluding hydrogens is 266 g/mol. The molecule has 0 aliphatic carbocycles. The largest absolute Gasteiger partial charge is 0.482 e. The molecule has 2 N–H and O–H groups in total. The Kier molecular flexibility index (Phi) is 6.67. The minimum atomic E-state index is -0.376. The van der Waals surface area contributed by atoms with E-state index in [9.17, 15) is 4.79 Å². The fraction of sp³-hybridized carbons (Fsp3) is 0.500. The summed E-state index contributed by atoms with van der Waals surface area (Å²) in [4.78, 5) is 11.4. The first-order chi connectivity index (χ1) is 9.04. The Hall–Kier alpha value is -1.26. The molecule has 0 saturated carbocycles. The molecule has 1 aromatic carbocycles. The number of unbranched alkanes of at least 4 members (excludes halogenated alkanes) is 1. The van der Waals surface area contributed by atoms with Gasteiger partial charge in [-0.25, -0.2) is 4.79 Å². The summed E-state index contributed by atoms with van der Waals surface area (Å²) in [6, 6.07) is 4.93. The summed E-state index contributed by atoms with van der Waals surface area (Å²) in [5.41, 5.74) is 6.61. The van der Waals surface area contributed by atoms with Crippen molar-refractivity contribution in [1.29, 1.82) is 0 Å². The van der Waals surface area contributed by atoms with E-state index >= 15 is 0 Å². The number of carbonyl (C=O) groups excluding carboxylic acids is 1. The van der Waals surface area contributed by atoms with E-state index in [0.29, 0.717) is 17.4 Å². The van der Waals surface area contributed by atoms with Gasteiger partial charge in [0.25, 0.3) is 0 Å². The summed E-state index contributed by atoms with van der Waals surface area (Å²) in [7, 11) is 0. The highest BCUT2D eigenvalue weighted by atomic mass is 35.5. The number of esters is 1. The molecule has 0 radical (unpaired) electrons. The SMILES string of the molecule is CCCCOC(=O)COc1ccc(Cl)cc1[C@H](C)N. The molecule has 0 spiro atoms. The van der Waals surface area contributed by atoms with Gasteiger partial charge in [-0.15, -0.1) is 0 Å². The molecule has 106 valence electrons. The average molecular weight is 286 g/mol. The van der Waals surface area contributed by atoms with Gasteiger partial charge in [-0.3, -0.25) is 0 Å². The zero-order valence-corrected chi connectivity index (χ0v) is 12.1. The molecule has 0 saturated heterocycles. The molecule has 0 aliphatic heterocycles. The van der Waals surface area contributed by atoms with Gasteiger partial charge in [-0.2, -0.15) is 0 Å². The molecule has 0 fully saturated rings. The number of benzene rings is 1. The van der Waals surface area contributed by atoms with Crippen molar-refractivity contribution >= 4 is 17.6 Å². The van der Waals surface area contributed by atoms with Crippen LogP contribution < -0.4 is 10.5 Å². The van der Waals surface area contributed by atoms with Crippen LogP contribution in [0.5, 0.6) is 5.75 Å². The van der Waals surface area contributed by atoms with Gasteiger partial charge in [0.2, 0.25) is 0 Å². The predicted molar refractivity (Wildman–Crippen MR) is 75.4 cm³/mol. The van der Waals surface area contributed by atoms with Crippen LogP contribution in [-0.2, 0) is 9.53 Å². The van der Waals surface area contributed by atoms with Crippen LogP contribution in [0.1, 0.15) is 38.3 Å². The Morgan fingerprint density at radius 1 is 1.47 bits per heavy atom. The maximum Gasteiger partial charge on any atom is 0.344 e. The van der Waals surface area contributed by atoms with Gasteiger partial charge >= 0.3 is 5.97 Å². The van der Waals surface area contributed by atoms with E-state index in [2.05, 4.69) is 0 Å². The first kappa shape index (κ1) is 15.8. The average Bonchev–Trinajstić information content (AvgIpc) is 2.37. The quantitative estimate of drug-likeness (QED) is 0.618. The number of hydrogen-bond donors (Lipinski definition) is 1. The molecule has 0 aliphatic rings. The van der Waals surface area contributed by atoms with E-state index in [-0.39, 0.29) is 18.6 Å². The number of rotatable bonds is 7. The molecule has 0 bridgehead atoms. The van der Waals surface area contributed by atoms with Crippen molar-refractivity contribution in [1.82, 2.24) is 0 Å². The minimum Gasteiger partial charge on any atom is -0.482 e. The molecule has 0 aromatic heterocycles. The van der Waals surface area contributed by atoms with Gasteiger partial charge in [0.05, 0.1) is 6.61 Å². The monoisotopic (exact) mass is 285 g/mol. The fourth-order valence-electron chi connectivity index (χ4n) is 1.52. The highest BCUT2D eigenvalue weighted by molar-refractivity contribution is 6.30. The maximum atomic E-state index is 11.4. The van der Waals surface area contributed by atoms with Crippen molar-refractivity contribution in [3.05, 3.63) is 28.8 Å². The summed E-state index contributed by atoms with van der Waals surface area (Å²) in [6.07, 6.45) is 1.85. The first-order valence-electron chi connectivity index (χ1n) is 6.38. The smallest absolute Gasteiger partial charge is 0.344 e. The summed E-state index contributed by atoms with van der Waals surface area (Å²) in [6.45, 7) is 4.18. The van der Waals surface area contributed by atoms with Crippen LogP contribution in [0.15, 0.2) is 18.2 Å². The number of ether oxygens (including phenoxy) is 2. The summed E-state index contributed by atoms with van der Waals surface area (Å²) < 4.78 is 10.4. The van der Waals surface area contributed by atoms with Crippen molar-refractivity contribution < 1.29 is 14.3 Å². The number of nitrogens with two attached hydrogens (primary N) is 1. The van der Waals surface area contributed by atoms with E-state index in [4.69, 9.17) is 26.8 Å². The van der Waals surface area contributed by atoms with Crippen LogP contribution in [0.2, 0.25) is 5.02 Å². The molecule has 19 heavy (non-hydrogen) atoms. The standard InChI is InChI=1S/C14H20ClNO3/c1-3-4-7-18-14(17)9-19-13-6-5-11(15)8-12(13)10(2)16/h5-6,8,10H,3-4,7,9,16H2,1-2H3/t10-/m0/s1. The summed E-state index contributed by atoms with van der Waals surface area (Å²) in [5.74, 6) is 0.186. The van der Waals surface area contributed by atoms with Gasteiger partial charge < -0.3 is 15.2 Å². The third kappa shape index (κ3) is 5.49. The normalized spacial score (nSPS) is 12.0. The second kappa shape index (κ2) is 8.02. The van der Waals surface area contributed by atoms with Crippen LogP contribution in [-0.4, -0.2) is 19.2 Å². The summed E-state index contributed by atoms with van der Waals surface area (Å²) in [5, 5.41) is 0.588. The van der Waals surface area contributed by atoms with E-state index in [1.807, 2.05) is 13.8 Å². The molecule has 0 heterocycles. The first-order valence-corrected chi connectivity index (χ1v) is 6.75. The highest BCUT2D eigenvalue weighted by Crippen LogP contribution is 2.27. The zero-order valence-electron chi connectivity index (χ0n) is 11.3. The van der Waals surface area contributed by atoms with Gasteiger partial charge in [-0.1, -0.05) is 24.9 Å². The lowest BCUT2D eigenvalue weighted by atomic mass is 10.1. The Morgan fingerprint density at radius 3 is 2.84 bits per heavy atom. The van der Waals surface area contributed by atoms with Gasteiger partial charge in [0, 0.05) is 16.6 Å². The van der Waals surface area contributed by atoms with E-state index < -0.39 is 0 Å². The lowest BCUT2D eigenvalue weighted by molar-refractivity contribution is -0.146. The van der Waals surface area contributed by atoms with Gasteiger partial charge in [0.15, 0.2) is 6.61 Å². The van der Waals surface area contributed by atoms with Gasteiger partial charge in [0.1, 0.15) is 5.75 Å². The Morgan fingerprint density at radius 2 is 2.21 bits per heavy atom. The molecule has 4 nitrogen and oxygen atoms in total. The lowest BCUT2D eigenvalue weighted by Crippen LogP contribution is -2.17. The summed E-state index contributed by atoms with van der Waals surface area (Å²) >= 11 is 5.91. The van der Waals surface area contributed by atoms with Crippen LogP contribution in [0, 0.1) is 0 Å². The van der Waals surface area contributed by atoms with E-state index in [1.54, 1.807) is 18.2 Å². The Labute approximate surface area is 118 Å². The van der Waals surface area contributed by atoms with Gasteiger partial charge in [-0.05, 0) is 31.5 Å². The molecule has 1 rings (SSSR count). The van der Waals surface area contributed by atoms with Crippen LogP contribution in [0.25, 0.3) is 0 Å². The Bertz CT molecular complexity index is 421. The van der Waals surface area contributed by atoms with Crippen molar-refractivity contribution in [2.75, 3.05) is 13.2 Å². The molecule has 1 atom stereocenters. The zero-order chi connectivity index (χ0) is 14.3. The van der Waals surface area contributed by atoms with Crippen molar-refractivity contribution in [3.8, 4) is 5.75 Å². The van der Waals surface area contributed by atoms with Crippen molar-refractivity contribution in [3.63, 3.8) is 0 Å². The molecule has 5 heteroatoms. The molecule has 1 aromatic rings. The van der Waals surface area contributed by atoms with Crippen LogP contribution in [0.4, 0.5) is 0 Å². The molecular formula is C14H20ClNO3. The van der Waals surface area contributed by atoms with Crippen molar-refractivity contribution in [2.24, 2.45) is 5.73 Å². The molecule has 0 amide bonds.